The van der Waals surface area contributed by atoms with Crippen LogP contribution in [0.15, 0.2) is 6.20 Å². The van der Waals surface area contributed by atoms with Gasteiger partial charge in [0.2, 0.25) is 0 Å². The quantitative estimate of drug-likeness (QED) is 0.726. The Kier molecular flexibility index (Phi) is 2.87. The molecule has 0 unspecified atom stereocenters. The van der Waals surface area contributed by atoms with E-state index < -0.39 is 0 Å². The number of hydrogen-bond donors (Lipinski definition) is 0. The molecule has 1 aliphatic rings. The molecule has 0 amide bonds. The molecule has 2 rings (SSSR count). The zero-order chi connectivity index (χ0) is 12.8. The van der Waals surface area contributed by atoms with Gasteiger partial charge in [-0.15, -0.1) is 0 Å². The maximum Gasteiger partial charge on any atom is 0.514 e. The van der Waals surface area contributed by atoms with Crippen molar-refractivity contribution < 1.29 is 9.31 Å². The molecule has 5 heteroatoms. The highest BCUT2D eigenvalue weighted by molar-refractivity contribution is 6.61. The normalized spacial score (nSPS) is 22.1. The van der Waals surface area contributed by atoms with E-state index in [9.17, 15) is 0 Å². The van der Waals surface area contributed by atoms with Crippen LogP contribution in [0, 0.1) is 0 Å². The molecule has 1 saturated heterocycles. The second-order valence-electron chi connectivity index (χ2n) is 5.60. The minimum atomic E-state index is -0.321. The van der Waals surface area contributed by atoms with E-state index in [-0.39, 0.29) is 18.3 Å². The van der Waals surface area contributed by atoms with E-state index in [2.05, 4.69) is 44.2 Å². The van der Waals surface area contributed by atoms with Crippen LogP contribution >= 0.6 is 0 Å². The number of aromatic nitrogens is 2. The Morgan fingerprint density at radius 2 is 1.76 bits per heavy atom. The molecular weight excluding hydrogens is 215 g/mol. The van der Waals surface area contributed by atoms with Gasteiger partial charge in [0.25, 0.3) is 0 Å². The Labute approximate surface area is 103 Å². The van der Waals surface area contributed by atoms with E-state index in [4.69, 9.17) is 9.31 Å². The van der Waals surface area contributed by atoms with E-state index in [0.717, 1.165) is 17.8 Å². The number of nitrogens with zero attached hydrogens (tertiary/aromatic N) is 2. The molecule has 4 nitrogen and oxygen atoms in total. The molecule has 0 radical (unpaired) electrons. The van der Waals surface area contributed by atoms with Gasteiger partial charge in [0.05, 0.1) is 16.8 Å². The fraction of sp³-hybridized carbons (Fsp3) is 0.750. The van der Waals surface area contributed by atoms with Crippen LogP contribution in [0.4, 0.5) is 0 Å². The number of aryl methyl sites for hydroxylation is 1. The highest BCUT2D eigenvalue weighted by Gasteiger charge is 2.52. The minimum Gasteiger partial charge on any atom is -0.398 e. The van der Waals surface area contributed by atoms with Crippen molar-refractivity contribution >= 4 is 12.7 Å². The lowest BCUT2D eigenvalue weighted by molar-refractivity contribution is 0.00578. The molecule has 17 heavy (non-hydrogen) atoms. The third-order valence-electron chi connectivity index (χ3n) is 3.93. The molecule has 94 valence electrons. The van der Waals surface area contributed by atoms with Crippen LogP contribution in [0.3, 0.4) is 0 Å². The summed E-state index contributed by atoms with van der Waals surface area (Å²) in [6.07, 6.45) is 2.76. The van der Waals surface area contributed by atoms with Crippen molar-refractivity contribution in [3.8, 4) is 0 Å². The first-order valence-corrected chi connectivity index (χ1v) is 6.14. The Hall–Kier alpha value is -0.805. The van der Waals surface area contributed by atoms with Crippen LogP contribution in [0.5, 0.6) is 0 Å². The summed E-state index contributed by atoms with van der Waals surface area (Å²) in [6.45, 7) is 10.3. The van der Waals surface area contributed by atoms with Crippen LogP contribution in [-0.2, 0) is 22.8 Å². The van der Waals surface area contributed by atoms with Gasteiger partial charge in [-0.2, -0.15) is 0 Å². The van der Waals surface area contributed by atoms with Crippen molar-refractivity contribution in [2.24, 2.45) is 7.05 Å². The summed E-state index contributed by atoms with van der Waals surface area (Å²) in [7, 11) is 1.68. The average Bonchev–Trinajstić information content (AvgIpc) is 2.65. The minimum absolute atomic E-state index is 0.297. The fourth-order valence-corrected chi connectivity index (χ4v) is 1.97. The maximum absolute atomic E-state index is 6.01. The summed E-state index contributed by atoms with van der Waals surface area (Å²) in [6, 6.07) is 0. The van der Waals surface area contributed by atoms with Crippen molar-refractivity contribution in [1.82, 2.24) is 9.55 Å². The zero-order valence-corrected chi connectivity index (χ0v) is 11.6. The lowest BCUT2D eigenvalue weighted by atomic mass is 9.85. The Morgan fingerprint density at radius 1 is 1.24 bits per heavy atom. The Bertz CT molecular complexity index is 410. The van der Waals surface area contributed by atoms with Crippen LogP contribution in [0.2, 0.25) is 0 Å². The molecule has 1 fully saturated rings. The summed E-state index contributed by atoms with van der Waals surface area (Å²) in [4.78, 5) is 4.38. The molecule has 1 aromatic heterocycles. The molecule has 1 aromatic rings. The summed E-state index contributed by atoms with van der Waals surface area (Å²) >= 11 is 0. The largest absolute Gasteiger partial charge is 0.514 e. The second-order valence-corrected chi connectivity index (χ2v) is 5.60. The van der Waals surface area contributed by atoms with Crippen LogP contribution in [0.25, 0.3) is 0 Å². The molecule has 0 aliphatic carbocycles. The van der Waals surface area contributed by atoms with Crippen molar-refractivity contribution in [2.75, 3.05) is 0 Å². The molecule has 0 bridgehead atoms. The standard InChI is InChI=1S/C12H21BN2O2/c1-7-10-14-8-9(15(10)6)13-16-11(2,3)12(4,5)17-13/h8H,7H2,1-6H3. The molecule has 0 atom stereocenters. The van der Waals surface area contributed by atoms with Gasteiger partial charge in [0.1, 0.15) is 5.82 Å². The van der Waals surface area contributed by atoms with Crippen LogP contribution in [0.1, 0.15) is 40.4 Å². The molecule has 2 heterocycles. The van der Waals surface area contributed by atoms with Gasteiger partial charge < -0.3 is 13.9 Å². The molecule has 1 aliphatic heterocycles. The third-order valence-corrected chi connectivity index (χ3v) is 3.93. The topological polar surface area (TPSA) is 36.3 Å². The predicted octanol–water partition coefficient (Wildman–Crippen LogP) is 1.28. The van der Waals surface area contributed by atoms with Gasteiger partial charge in [-0.1, -0.05) is 6.92 Å². The van der Waals surface area contributed by atoms with E-state index in [1.54, 1.807) is 0 Å². The molecule has 0 spiro atoms. The third kappa shape index (κ3) is 1.91. The second kappa shape index (κ2) is 3.85. The molecule has 0 saturated carbocycles. The number of rotatable bonds is 2. The highest BCUT2D eigenvalue weighted by Crippen LogP contribution is 2.36. The Morgan fingerprint density at radius 3 is 2.18 bits per heavy atom. The first-order chi connectivity index (χ1) is 7.78. The predicted molar refractivity (Wildman–Crippen MR) is 68.3 cm³/mol. The van der Waals surface area contributed by atoms with Gasteiger partial charge in [0.15, 0.2) is 0 Å². The first kappa shape index (κ1) is 12.6. The van der Waals surface area contributed by atoms with Gasteiger partial charge in [-0.3, -0.25) is 0 Å². The number of imidazole rings is 1. The monoisotopic (exact) mass is 236 g/mol. The van der Waals surface area contributed by atoms with Gasteiger partial charge in [-0.05, 0) is 27.7 Å². The Balaban J connectivity index is 2.29. The highest BCUT2D eigenvalue weighted by atomic mass is 16.7. The number of hydrogen-bond acceptors (Lipinski definition) is 3. The summed E-state index contributed by atoms with van der Waals surface area (Å²) in [5, 5.41) is 0. The van der Waals surface area contributed by atoms with Crippen molar-refractivity contribution in [1.29, 1.82) is 0 Å². The lowest BCUT2D eigenvalue weighted by Gasteiger charge is -2.32. The SMILES string of the molecule is CCc1ncc(B2OC(C)(C)C(C)(C)O2)n1C. The van der Waals surface area contributed by atoms with Gasteiger partial charge in [-0.25, -0.2) is 4.98 Å². The molecule has 0 N–H and O–H groups in total. The van der Waals surface area contributed by atoms with Crippen LogP contribution in [-0.4, -0.2) is 27.9 Å². The molecular formula is C12H21BN2O2. The summed E-state index contributed by atoms with van der Waals surface area (Å²) in [5.74, 6) is 1.05. The van der Waals surface area contributed by atoms with E-state index in [0.29, 0.717) is 0 Å². The summed E-state index contributed by atoms with van der Waals surface area (Å²) in [5.41, 5.74) is 0.392. The lowest BCUT2D eigenvalue weighted by Crippen LogP contribution is -2.41. The molecule has 0 aromatic carbocycles. The van der Waals surface area contributed by atoms with Gasteiger partial charge in [0, 0.05) is 19.7 Å². The summed E-state index contributed by atoms with van der Waals surface area (Å²) < 4.78 is 14.1. The van der Waals surface area contributed by atoms with Crippen molar-refractivity contribution in [3.63, 3.8) is 0 Å². The smallest absolute Gasteiger partial charge is 0.398 e. The van der Waals surface area contributed by atoms with Crippen molar-refractivity contribution in [3.05, 3.63) is 12.0 Å². The fourth-order valence-electron chi connectivity index (χ4n) is 1.97. The van der Waals surface area contributed by atoms with Crippen molar-refractivity contribution in [2.45, 2.75) is 52.2 Å². The van der Waals surface area contributed by atoms with Gasteiger partial charge >= 0.3 is 7.12 Å². The zero-order valence-electron chi connectivity index (χ0n) is 11.6. The van der Waals surface area contributed by atoms with E-state index in [1.165, 1.54) is 0 Å². The van der Waals surface area contributed by atoms with E-state index in [1.807, 2.05) is 13.2 Å². The average molecular weight is 236 g/mol. The maximum atomic E-state index is 6.01. The van der Waals surface area contributed by atoms with E-state index >= 15 is 0 Å². The first-order valence-electron chi connectivity index (χ1n) is 6.14. The van der Waals surface area contributed by atoms with Crippen LogP contribution < -0.4 is 5.59 Å².